The summed E-state index contributed by atoms with van der Waals surface area (Å²) in [6.07, 6.45) is 0.318. The van der Waals surface area contributed by atoms with Gasteiger partial charge >= 0.3 is 0 Å². The van der Waals surface area contributed by atoms with Gasteiger partial charge in [0.1, 0.15) is 17.5 Å². The van der Waals surface area contributed by atoms with Gasteiger partial charge in [-0.1, -0.05) is 13.0 Å². The van der Waals surface area contributed by atoms with Gasteiger partial charge in [-0.3, -0.25) is 4.79 Å². The van der Waals surface area contributed by atoms with Crippen molar-refractivity contribution in [3.05, 3.63) is 57.1 Å². The van der Waals surface area contributed by atoms with Crippen LogP contribution in [0.15, 0.2) is 23.0 Å². The first-order valence-electron chi connectivity index (χ1n) is 5.76. The largest absolute Gasteiger partial charge is 0.493 e. The second-order valence-corrected chi connectivity index (χ2v) is 4.08. The van der Waals surface area contributed by atoms with E-state index >= 15 is 0 Å². The first-order chi connectivity index (χ1) is 9.01. The lowest BCUT2D eigenvalue weighted by Gasteiger charge is -2.05. The fourth-order valence-corrected chi connectivity index (χ4v) is 1.78. The van der Waals surface area contributed by atoms with Gasteiger partial charge in [0.25, 0.3) is 5.56 Å². The third-order valence-electron chi connectivity index (χ3n) is 2.77. The van der Waals surface area contributed by atoms with Gasteiger partial charge in [-0.2, -0.15) is 4.98 Å². The van der Waals surface area contributed by atoms with Gasteiger partial charge in [0.15, 0.2) is 0 Å². The Bertz CT molecular complexity index is 668. The van der Waals surface area contributed by atoms with Gasteiger partial charge in [0, 0.05) is 12.5 Å². The van der Waals surface area contributed by atoms with E-state index in [4.69, 9.17) is 0 Å². The molecule has 2 aromatic rings. The van der Waals surface area contributed by atoms with Crippen LogP contribution in [0.1, 0.15) is 23.9 Å². The number of halogens is 2. The van der Waals surface area contributed by atoms with E-state index in [9.17, 15) is 18.7 Å². The number of H-pyrrole nitrogens is 1. The number of hydrogen-bond donors (Lipinski definition) is 2. The van der Waals surface area contributed by atoms with Crippen molar-refractivity contribution in [1.29, 1.82) is 0 Å². The molecule has 0 aliphatic heterocycles. The minimum atomic E-state index is -0.721. The Labute approximate surface area is 107 Å². The molecular weight excluding hydrogens is 254 g/mol. The first kappa shape index (κ1) is 13.2. The summed E-state index contributed by atoms with van der Waals surface area (Å²) in [4.78, 5) is 17.9. The molecule has 2 rings (SSSR count). The third kappa shape index (κ3) is 2.78. The predicted molar refractivity (Wildman–Crippen MR) is 65.1 cm³/mol. The Morgan fingerprint density at radius 1 is 1.37 bits per heavy atom. The molecule has 0 saturated carbocycles. The molecule has 1 aromatic heterocycles. The molecular formula is C13H12F2N2O2. The normalized spacial score (nSPS) is 10.7. The van der Waals surface area contributed by atoms with Crippen LogP contribution in [0.2, 0.25) is 0 Å². The molecule has 19 heavy (non-hydrogen) atoms. The van der Waals surface area contributed by atoms with Crippen LogP contribution in [0, 0.1) is 11.6 Å². The second kappa shape index (κ2) is 5.17. The van der Waals surface area contributed by atoms with Crippen molar-refractivity contribution >= 4 is 0 Å². The number of rotatable bonds is 3. The molecule has 0 atom stereocenters. The Balaban J connectivity index is 2.36. The lowest BCUT2D eigenvalue weighted by molar-refractivity contribution is 0.440. The summed E-state index contributed by atoms with van der Waals surface area (Å²) in [6.45, 7) is 1.71. The van der Waals surface area contributed by atoms with Crippen LogP contribution >= 0.6 is 0 Å². The summed E-state index contributed by atoms with van der Waals surface area (Å²) in [5.41, 5.74) is -0.0796. The van der Waals surface area contributed by atoms with Crippen LogP contribution in [-0.4, -0.2) is 15.1 Å². The number of aromatic hydroxyl groups is 1. The molecule has 2 N–H and O–H groups in total. The molecule has 0 aliphatic carbocycles. The van der Waals surface area contributed by atoms with Crippen molar-refractivity contribution in [2.75, 3.05) is 0 Å². The molecule has 0 radical (unpaired) electrons. The van der Waals surface area contributed by atoms with Crippen molar-refractivity contribution in [1.82, 2.24) is 9.97 Å². The minimum Gasteiger partial charge on any atom is -0.493 e. The standard InChI is InChI=1S/C13H12F2N2O2/c1-2-9-12(18)16-11(17-13(9)19)5-7-3-4-8(14)6-10(7)15/h3-4,6H,2,5H2,1H3,(H2,16,17,18,19). The lowest BCUT2D eigenvalue weighted by atomic mass is 10.1. The van der Waals surface area contributed by atoms with Crippen molar-refractivity contribution in [2.24, 2.45) is 0 Å². The topological polar surface area (TPSA) is 66.0 Å². The fourth-order valence-electron chi connectivity index (χ4n) is 1.78. The molecule has 0 bridgehead atoms. The average molecular weight is 266 g/mol. The number of nitrogens with one attached hydrogen (secondary N) is 1. The monoisotopic (exact) mass is 266 g/mol. The number of hydrogen-bond acceptors (Lipinski definition) is 3. The van der Waals surface area contributed by atoms with Gasteiger partial charge in [-0.25, -0.2) is 8.78 Å². The summed E-state index contributed by atoms with van der Waals surface area (Å²) in [7, 11) is 0. The Kier molecular flexibility index (Phi) is 3.59. The number of aromatic amines is 1. The highest BCUT2D eigenvalue weighted by atomic mass is 19.1. The van der Waals surface area contributed by atoms with Crippen LogP contribution in [0.5, 0.6) is 5.88 Å². The van der Waals surface area contributed by atoms with Gasteiger partial charge in [-0.05, 0) is 18.1 Å². The van der Waals surface area contributed by atoms with Crippen molar-refractivity contribution in [3.8, 4) is 5.88 Å². The molecule has 0 unspecified atom stereocenters. The molecule has 100 valence electrons. The summed E-state index contributed by atoms with van der Waals surface area (Å²) in [5.74, 6) is -1.62. The van der Waals surface area contributed by atoms with Crippen LogP contribution in [0.4, 0.5) is 8.78 Å². The van der Waals surface area contributed by atoms with E-state index < -0.39 is 17.2 Å². The van der Waals surface area contributed by atoms with E-state index in [1.165, 1.54) is 6.07 Å². The Morgan fingerprint density at radius 2 is 2.11 bits per heavy atom. The van der Waals surface area contributed by atoms with Crippen LogP contribution in [-0.2, 0) is 12.8 Å². The second-order valence-electron chi connectivity index (χ2n) is 4.08. The van der Waals surface area contributed by atoms with E-state index in [1.807, 2.05) is 0 Å². The van der Waals surface area contributed by atoms with Crippen LogP contribution in [0.25, 0.3) is 0 Å². The first-order valence-corrected chi connectivity index (χ1v) is 5.76. The van der Waals surface area contributed by atoms with Crippen LogP contribution in [0.3, 0.4) is 0 Å². The van der Waals surface area contributed by atoms with Crippen molar-refractivity contribution in [3.63, 3.8) is 0 Å². The molecule has 4 nitrogen and oxygen atoms in total. The highest BCUT2D eigenvalue weighted by Crippen LogP contribution is 2.14. The molecule has 6 heteroatoms. The van der Waals surface area contributed by atoms with E-state index in [0.717, 1.165) is 12.1 Å². The van der Waals surface area contributed by atoms with E-state index in [-0.39, 0.29) is 29.3 Å². The maximum Gasteiger partial charge on any atom is 0.257 e. The highest BCUT2D eigenvalue weighted by Gasteiger charge is 2.11. The molecule has 0 spiro atoms. The van der Waals surface area contributed by atoms with Gasteiger partial charge in [0.05, 0.1) is 5.56 Å². The third-order valence-corrected chi connectivity index (χ3v) is 2.77. The van der Waals surface area contributed by atoms with Gasteiger partial charge in [-0.15, -0.1) is 0 Å². The molecule has 1 heterocycles. The van der Waals surface area contributed by atoms with E-state index in [0.29, 0.717) is 6.42 Å². The zero-order valence-corrected chi connectivity index (χ0v) is 10.2. The fraction of sp³-hybridized carbons (Fsp3) is 0.231. The summed E-state index contributed by atoms with van der Waals surface area (Å²) in [6, 6.07) is 3.15. The van der Waals surface area contributed by atoms with Gasteiger partial charge < -0.3 is 10.1 Å². The van der Waals surface area contributed by atoms with Crippen molar-refractivity contribution in [2.45, 2.75) is 19.8 Å². The summed E-state index contributed by atoms with van der Waals surface area (Å²) in [5, 5.41) is 9.58. The number of aromatic nitrogens is 2. The molecule has 0 saturated heterocycles. The highest BCUT2D eigenvalue weighted by molar-refractivity contribution is 5.26. The molecule has 1 aromatic carbocycles. The summed E-state index contributed by atoms with van der Waals surface area (Å²) < 4.78 is 26.2. The maximum atomic E-state index is 13.5. The average Bonchev–Trinajstić information content (AvgIpc) is 2.32. The summed E-state index contributed by atoms with van der Waals surface area (Å²) >= 11 is 0. The quantitative estimate of drug-likeness (QED) is 0.891. The maximum absolute atomic E-state index is 13.5. The Hall–Kier alpha value is -2.24. The predicted octanol–water partition coefficient (Wildman–Crippen LogP) is 1.91. The SMILES string of the molecule is CCc1c(O)nc(Cc2ccc(F)cc2F)[nH]c1=O. The zero-order valence-electron chi connectivity index (χ0n) is 10.2. The number of benzene rings is 1. The smallest absolute Gasteiger partial charge is 0.257 e. The molecule has 0 amide bonds. The minimum absolute atomic E-state index is 0.0289. The van der Waals surface area contributed by atoms with Gasteiger partial charge in [0.2, 0.25) is 5.88 Å². The lowest BCUT2D eigenvalue weighted by Crippen LogP contribution is -2.16. The van der Waals surface area contributed by atoms with Crippen LogP contribution < -0.4 is 5.56 Å². The number of nitrogens with zero attached hydrogens (tertiary/aromatic N) is 1. The van der Waals surface area contributed by atoms with E-state index in [2.05, 4.69) is 9.97 Å². The molecule has 0 fully saturated rings. The zero-order chi connectivity index (χ0) is 14.0. The molecule has 0 aliphatic rings. The van der Waals surface area contributed by atoms with Crippen molar-refractivity contribution < 1.29 is 13.9 Å². The van der Waals surface area contributed by atoms with E-state index in [1.54, 1.807) is 6.92 Å². The Morgan fingerprint density at radius 3 is 2.68 bits per heavy atom.